The van der Waals surface area contributed by atoms with E-state index in [9.17, 15) is 17.6 Å². The van der Waals surface area contributed by atoms with E-state index >= 15 is 0 Å². The first-order valence-electron chi connectivity index (χ1n) is 17.0. The summed E-state index contributed by atoms with van der Waals surface area (Å²) < 4.78 is 73.9. The maximum absolute atomic E-state index is 14.2. The highest BCUT2D eigenvalue weighted by molar-refractivity contribution is 9.10. The van der Waals surface area contributed by atoms with Crippen LogP contribution in [0.3, 0.4) is 0 Å². The molecule has 7 rings (SSSR count). The van der Waals surface area contributed by atoms with Crippen LogP contribution in [-0.2, 0) is 6.42 Å². The first kappa shape index (κ1) is 37.0. The first-order chi connectivity index (χ1) is 24.9. The molecule has 1 unspecified atom stereocenters. The van der Waals surface area contributed by atoms with Gasteiger partial charge in [0.25, 0.3) is 0 Å². The Morgan fingerprint density at radius 2 is 1.35 bits per heavy atom. The van der Waals surface area contributed by atoms with Crippen molar-refractivity contribution in [3.8, 4) is 29.4 Å². The quantitative estimate of drug-likeness (QED) is 0.129. The molecule has 276 valence electrons. The molecule has 2 aromatic carbocycles. The van der Waals surface area contributed by atoms with Gasteiger partial charge in [0.1, 0.15) is 0 Å². The van der Waals surface area contributed by atoms with Gasteiger partial charge in [-0.25, -0.2) is 23.1 Å². The van der Waals surface area contributed by atoms with E-state index in [4.69, 9.17) is 14.2 Å². The predicted octanol–water partition coefficient (Wildman–Crippen LogP) is 8.73. The Hall–Kier alpha value is -4.73. The van der Waals surface area contributed by atoms with E-state index in [1.165, 1.54) is 41.8 Å². The minimum atomic E-state index is -1.05. The summed E-state index contributed by atoms with van der Waals surface area (Å²) in [5.74, 6) is -1.57. The van der Waals surface area contributed by atoms with Crippen LogP contribution < -0.4 is 19.1 Å². The number of fused-ring (bicyclic) bond motifs is 2. The second kappa shape index (κ2) is 15.9. The Bertz CT molecular complexity index is 1990. The fraction of sp³-hybridized carbons (Fsp3) is 0.417. The highest BCUT2D eigenvalue weighted by atomic mass is 79.9. The number of piperidine rings is 1. The third kappa shape index (κ3) is 8.16. The van der Waals surface area contributed by atoms with Gasteiger partial charge in [-0.15, -0.1) is 5.10 Å². The summed E-state index contributed by atoms with van der Waals surface area (Å²) in [4.78, 5) is 15.2. The summed E-state index contributed by atoms with van der Waals surface area (Å²) in [7, 11) is 1.63. The summed E-state index contributed by atoms with van der Waals surface area (Å²) in [5, 5.41) is 8.71. The first-order valence-corrected chi connectivity index (χ1v) is 17.8. The zero-order valence-corrected chi connectivity index (χ0v) is 30.9. The lowest BCUT2D eigenvalue weighted by atomic mass is 9.82. The molecule has 1 saturated carbocycles. The number of aromatic nitrogens is 7. The number of hydrogen-bond donors (Lipinski definition) is 0. The number of rotatable bonds is 10. The van der Waals surface area contributed by atoms with Gasteiger partial charge in [-0.3, -0.25) is 0 Å². The number of nitrogens with zero attached hydrogens (tertiary/aromatic N) is 8. The molecule has 3 aromatic heterocycles. The average molecular weight is 788 g/mol. The maximum atomic E-state index is 14.2. The number of halogens is 5. The molecule has 2 aliphatic rings. The lowest BCUT2D eigenvalue weighted by Gasteiger charge is -2.39. The Labute approximate surface area is 307 Å². The Morgan fingerprint density at radius 1 is 0.788 bits per heavy atom. The van der Waals surface area contributed by atoms with Crippen LogP contribution in [0.4, 0.5) is 23.2 Å². The van der Waals surface area contributed by atoms with E-state index in [1.54, 1.807) is 18.0 Å². The number of benzene rings is 2. The number of methoxy groups -OCH3 is 1. The van der Waals surface area contributed by atoms with Crippen molar-refractivity contribution >= 4 is 21.6 Å². The van der Waals surface area contributed by atoms with Gasteiger partial charge in [0.05, 0.1) is 19.2 Å². The van der Waals surface area contributed by atoms with E-state index in [-0.39, 0.29) is 35.6 Å². The van der Waals surface area contributed by atoms with Crippen molar-refractivity contribution in [3.05, 3.63) is 88.6 Å². The maximum Gasteiger partial charge on any atom is 0.321 e. The van der Waals surface area contributed by atoms with Crippen LogP contribution in [0.2, 0.25) is 0 Å². The molecule has 3 atom stereocenters. The molecule has 2 bridgehead atoms. The molecule has 0 radical (unpaired) electrons. The molecule has 2 fully saturated rings. The van der Waals surface area contributed by atoms with Crippen molar-refractivity contribution in [1.82, 2.24) is 34.5 Å². The van der Waals surface area contributed by atoms with Crippen LogP contribution in [0, 0.1) is 41.0 Å². The van der Waals surface area contributed by atoms with E-state index in [0.29, 0.717) is 34.2 Å². The van der Waals surface area contributed by atoms with Gasteiger partial charge in [0, 0.05) is 37.5 Å². The van der Waals surface area contributed by atoms with Gasteiger partial charge in [0.2, 0.25) is 22.2 Å². The zero-order valence-electron chi connectivity index (χ0n) is 29.3. The van der Waals surface area contributed by atoms with Gasteiger partial charge in [-0.2, -0.15) is 23.8 Å². The summed E-state index contributed by atoms with van der Waals surface area (Å²) >= 11 is 3.11. The fourth-order valence-corrected chi connectivity index (χ4v) is 6.98. The van der Waals surface area contributed by atoms with Crippen LogP contribution in [0.5, 0.6) is 29.4 Å². The number of anilines is 1. The van der Waals surface area contributed by atoms with Crippen LogP contribution in [-0.4, -0.2) is 54.7 Å². The predicted molar refractivity (Wildman–Crippen MR) is 188 cm³/mol. The lowest BCUT2D eigenvalue weighted by molar-refractivity contribution is 0.265. The molecule has 5 aromatic rings. The molecule has 52 heavy (non-hydrogen) atoms. The highest BCUT2D eigenvalue weighted by Crippen LogP contribution is 2.45. The minimum absolute atomic E-state index is 0.0181. The second-order valence-corrected chi connectivity index (χ2v) is 14.0. The van der Waals surface area contributed by atoms with Crippen LogP contribution >= 0.6 is 15.9 Å². The highest BCUT2D eigenvalue weighted by Gasteiger charge is 2.42. The normalized spacial score (nSPS) is 18.1. The van der Waals surface area contributed by atoms with Gasteiger partial charge in [-0.05, 0) is 105 Å². The minimum Gasteiger partial charge on any atom is -0.481 e. The number of hydrogen-bond acceptors (Lipinski definition) is 9. The van der Waals surface area contributed by atoms with Crippen LogP contribution in [0.15, 0.2) is 59.5 Å². The second-order valence-electron chi connectivity index (χ2n) is 13.3. The fourth-order valence-electron chi connectivity index (χ4n) is 6.65. The van der Waals surface area contributed by atoms with E-state index in [0.717, 1.165) is 37.3 Å². The summed E-state index contributed by atoms with van der Waals surface area (Å²) in [6, 6.07) is 11.8. The molecule has 0 spiro atoms. The monoisotopic (exact) mass is 786 g/mol. The largest absolute Gasteiger partial charge is 0.481 e. The molecule has 1 aliphatic heterocycles. The number of ether oxygens (including phenoxy) is 3. The summed E-state index contributed by atoms with van der Waals surface area (Å²) in [6.45, 7) is 9.59. The van der Waals surface area contributed by atoms with E-state index in [2.05, 4.69) is 46.0 Å². The molecule has 0 amide bonds. The Morgan fingerprint density at radius 3 is 1.90 bits per heavy atom. The third-order valence-corrected chi connectivity index (χ3v) is 9.51. The van der Waals surface area contributed by atoms with Crippen molar-refractivity contribution in [1.29, 1.82) is 0 Å². The van der Waals surface area contributed by atoms with Crippen molar-refractivity contribution in [2.75, 3.05) is 25.1 Å². The zero-order chi connectivity index (χ0) is 37.1. The lowest BCUT2D eigenvalue weighted by Crippen LogP contribution is -2.42. The van der Waals surface area contributed by atoms with E-state index in [1.807, 2.05) is 39.8 Å². The van der Waals surface area contributed by atoms with Gasteiger partial charge < -0.3 is 19.1 Å². The SMILES string of the molecule is CC(C)n1nc(Br)nc1Oc1cccc(F)c1F.COc1cc(N2C[C@H]3CC[C@@H](C2)C3Cc2nc(Oc3cccc(F)c3F)n(C(C)C)n2)ccn1. The van der Waals surface area contributed by atoms with Gasteiger partial charge in [0.15, 0.2) is 29.0 Å². The summed E-state index contributed by atoms with van der Waals surface area (Å²) in [6.07, 6.45) is 4.88. The molecule has 1 saturated heterocycles. The standard InChI is InChI=1S/C25H29F2N5O2.C11H10BrF2N3O/c1-15(2)32-25(34-21-6-4-5-20(26)24(21)27)29-22(30-32)12-19-16-7-8-17(19)14-31(13-16)18-9-10-28-23(11-18)33-3;1-6(2)17-11(15-10(12)16-17)18-8-5-3-4-7(13)9(8)14/h4-6,9-11,15-17,19H,7-8,12-14H2,1-3H3;3-6H,1-2H3/t16-,17+,19?;. The van der Waals surface area contributed by atoms with Crippen LogP contribution in [0.25, 0.3) is 0 Å². The molecule has 16 heteroatoms. The van der Waals surface area contributed by atoms with E-state index < -0.39 is 23.3 Å². The average Bonchev–Trinajstić information content (AvgIpc) is 3.77. The van der Waals surface area contributed by atoms with Crippen molar-refractivity contribution < 1.29 is 31.8 Å². The van der Waals surface area contributed by atoms with Crippen molar-refractivity contribution in [2.24, 2.45) is 17.8 Å². The molecule has 0 N–H and O–H groups in total. The molecule has 1 aliphatic carbocycles. The van der Waals surface area contributed by atoms with Gasteiger partial charge in [-0.1, -0.05) is 12.1 Å². The Kier molecular flexibility index (Phi) is 11.3. The van der Waals surface area contributed by atoms with Crippen molar-refractivity contribution in [2.45, 2.75) is 59.0 Å². The molecular formula is C36H39BrF4N8O3. The van der Waals surface area contributed by atoms with Crippen molar-refractivity contribution in [3.63, 3.8) is 0 Å². The smallest absolute Gasteiger partial charge is 0.321 e. The molecule has 4 heterocycles. The Balaban J connectivity index is 0.000000217. The number of pyridine rings is 1. The summed E-state index contributed by atoms with van der Waals surface area (Å²) in [5.41, 5.74) is 1.14. The third-order valence-electron chi connectivity index (χ3n) is 9.17. The van der Waals surface area contributed by atoms with Gasteiger partial charge >= 0.3 is 12.0 Å². The topological polar surface area (TPSA) is 105 Å². The molecule has 11 nitrogen and oxygen atoms in total. The molecular weight excluding hydrogens is 748 g/mol. The van der Waals surface area contributed by atoms with Crippen LogP contribution in [0.1, 0.15) is 58.4 Å².